The molecule has 0 N–H and O–H groups in total. The van der Waals surface area contributed by atoms with E-state index in [9.17, 15) is 0 Å². The van der Waals surface area contributed by atoms with Gasteiger partial charge in [0, 0.05) is 18.4 Å². The predicted molar refractivity (Wildman–Crippen MR) is 47.6 cm³/mol. The Kier molecular flexibility index (Phi) is 3.34. The summed E-state index contributed by atoms with van der Waals surface area (Å²) in [6.07, 6.45) is 5.50. The van der Waals surface area contributed by atoms with Crippen LogP contribution in [0.5, 0.6) is 0 Å². The van der Waals surface area contributed by atoms with Crippen LogP contribution < -0.4 is 4.90 Å². The van der Waals surface area contributed by atoms with Gasteiger partial charge in [-0.25, -0.2) is 0 Å². The first-order valence-electron chi connectivity index (χ1n) is 3.99. The third-order valence-electron chi connectivity index (χ3n) is 2.02. The van der Waals surface area contributed by atoms with Crippen molar-refractivity contribution in [2.24, 2.45) is 0 Å². The lowest BCUT2D eigenvalue weighted by molar-refractivity contribution is 0.383. The van der Waals surface area contributed by atoms with Crippen LogP contribution in [-0.4, -0.2) is 23.5 Å². The summed E-state index contributed by atoms with van der Waals surface area (Å²) < 4.78 is 4.94. The fraction of sp³-hybridized carbons (Fsp3) is 0.714. The quantitative estimate of drug-likeness (QED) is 0.671. The SMILES string of the molecule is Cl.c1nnoc1N1CCCCC1. The molecule has 1 fully saturated rings. The molecule has 2 heterocycles. The van der Waals surface area contributed by atoms with Crippen molar-refractivity contribution in [2.45, 2.75) is 19.3 Å². The van der Waals surface area contributed by atoms with E-state index in [0.29, 0.717) is 0 Å². The van der Waals surface area contributed by atoms with Crippen molar-refractivity contribution in [3.63, 3.8) is 0 Å². The average molecular weight is 190 g/mol. The van der Waals surface area contributed by atoms with Crippen LogP contribution in [0.4, 0.5) is 5.88 Å². The number of hydrogen-bond acceptors (Lipinski definition) is 4. The summed E-state index contributed by atoms with van der Waals surface area (Å²) in [5.41, 5.74) is 0. The number of anilines is 1. The molecule has 1 aromatic rings. The summed E-state index contributed by atoms with van der Waals surface area (Å²) in [5, 5.41) is 7.07. The molecule has 0 aliphatic carbocycles. The lowest BCUT2D eigenvalue weighted by Gasteiger charge is -2.24. The molecule has 0 spiro atoms. The van der Waals surface area contributed by atoms with E-state index in [1.165, 1.54) is 19.3 Å². The topological polar surface area (TPSA) is 42.2 Å². The van der Waals surface area contributed by atoms with Crippen LogP contribution in [0.2, 0.25) is 0 Å². The van der Waals surface area contributed by atoms with Gasteiger partial charge >= 0.3 is 0 Å². The molecular weight excluding hydrogens is 178 g/mol. The number of rotatable bonds is 1. The molecule has 0 bridgehead atoms. The first-order chi connectivity index (χ1) is 5.47. The van der Waals surface area contributed by atoms with Gasteiger partial charge in [0.05, 0.1) is 0 Å². The summed E-state index contributed by atoms with van der Waals surface area (Å²) in [4.78, 5) is 2.18. The van der Waals surface area contributed by atoms with Crippen molar-refractivity contribution in [3.05, 3.63) is 6.20 Å². The van der Waals surface area contributed by atoms with E-state index in [-0.39, 0.29) is 12.4 Å². The molecule has 5 heteroatoms. The Morgan fingerprint density at radius 3 is 2.58 bits per heavy atom. The van der Waals surface area contributed by atoms with Crippen molar-refractivity contribution in [2.75, 3.05) is 18.0 Å². The van der Waals surface area contributed by atoms with E-state index in [1.54, 1.807) is 6.20 Å². The largest absolute Gasteiger partial charge is 0.339 e. The molecule has 0 radical (unpaired) electrons. The van der Waals surface area contributed by atoms with Crippen LogP contribution in [0.3, 0.4) is 0 Å². The Morgan fingerprint density at radius 2 is 2.00 bits per heavy atom. The zero-order valence-electron chi connectivity index (χ0n) is 6.77. The summed E-state index contributed by atoms with van der Waals surface area (Å²) in [7, 11) is 0. The van der Waals surface area contributed by atoms with E-state index in [4.69, 9.17) is 4.52 Å². The molecule has 0 amide bonds. The minimum absolute atomic E-state index is 0. The monoisotopic (exact) mass is 189 g/mol. The van der Waals surface area contributed by atoms with Gasteiger partial charge in [-0.05, 0) is 19.3 Å². The molecule has 0 aromatic carbocycles. The zero-order chi connectivity index (χ0) is 7.52. The minimum Gasteiger partial charge on any atom is -0.339 e. The second-order valence-corrected chi connectivity index (χ2v) is 2.80. The first kappa shape index (κ1) is 9.32. The van der Waals surface area contributed by atoms with Gasteiger partial charge in [-0.2, -0.15) is 0 Å². The second-order valence-electron chi connectivity index (χ2n) is 2.80. The molecule has 1 aromatic heterocycles. The molecule has 12 heavy (non-hydrogen) atoms. The normalized spacial score (nSPS) is 17.2. The molecule has 2 rings (SSSR count). The van der Waals surface area contributed by atoms with Gasteiger partial charge in [0.15, 0.2) is 0 Å². The number of hydrogen-bond donors (Lipinski definition) is 0. The van der Waals surface area contributed by atoms with Gasteiger partial charge < -0.3 is 9.42 Å². The standard InChI is InChI=1S/C7H11N3O.ClH/c1-2-4-10(5-3-1)7-6-8-9-11-7;/h6H,1-5H2;1H. The summed E-state index contributed by atoms with van der Waals surface area (Å²) in [6, 6.07) is 0. The Morgan fingerprint density at radius 1 is 1.25 bits per heavy atom. The highest BCUT2D eigenvalue weighted by atomic mass is 35.5. The van der Waals surface area contributed by atoms with Crippen LogP contribution in [0.15, 0.2) is 10.7 Å². The maximum Gasteiger partial charge on any atom is 0.247 e. The van der Waals surface area contributed by atoms with Gasteiger partial charge in [-0.3, -0.25) is 0 Å². The smallest absolute Gasteiger partial charge is 0.247 e. The molecule has 1 aliphatic heterocycles. The number of piperidine rings is 1. The van der Waals surface area contributed by atoms with Crippen LogP contribution in [0.25, 0.3) is 0 Å². The summed E-state index contributed by atoms with van der Waals surface area (Å²) >= 11 is 0. The van der Waals surface area contributed by atoms with Gasteiger partial charge in [-0.15, -0.1) is 17.5 Å². The maximum atomic E-state index is 4.94. The van der Waals surface area contributed by atoms with Gasteiger partial charge in [-0.1, -0.05) is 0 Å². The third kappa shape index (κ3) is 1.88. The highest BCUT2D eigenvalue weighted by Crippen LogP contribution is 2.16. The fourth-order valence-corrected chi connectivity index (χ4v) is 1.42. The van der Waals surface area contributed by atoms with E-state index in [2.05, 4.69) is 15.3 Å². The number of halogens is 1. The first-order valence-corrected chi connectivity index (χ1v) is 3.99. The van der Waals surface area contributed by atoms with Crippen LogP contribution >= 0.6 is 12.4 Å². The van der Waals surface area contributed by atoms with Crippen molar-refractivity contribution in [1.82, 2.24) is 10.4 Å². The van der Waals surface area contributed by atoms with E-state index >= 15 is 0 Å². The highest BCUT2D eigenvalue weighted by molar-refractivity contribution is 5.85. The minimum atomic E-state index is 0. The molecule has 1 aliphatic rings. The molecule has 0 atom stereocenters. The highest BCUT2D eigenvalue weighted by Gasteiger charge is 2.13. The number of nitrogens with zero attached hydrogens (tertiary/aromatic N) is 3. The molecule has 68 valence electrons. The van der Waals surface area contributed by atoms with Crippen LogP contribution in [0.1, 0.15) is 19.3 Å². The van der Waals surface area contributed by atoms with E-state index < -0.39 is 0 Å². The van der Waals surface area contributed by atoms with Crippen molar-refractivity contribution < 1.29 is 4.52 Å². The Balaban J connectivity index is 0.000000720. The molecule has 4 nitrogen and oxygen atoms in total. The Bertz CT molecular complexity index is 208. The van der Waals surface area contributed by atoms with E-state index in [1.807, 2.05) is 0 Å². The van der Waals surface area contributed by atoms with E-state index in [0.717, 1.165) is 19.0 Å². The van der Waals surface area contributed by atoms with Gasteiger partial charge in [0.25, 0.3) is 0 Å². The summed E-state index contributed by atoms with van der Waals surface area (Å²) in [6.45, 7) is 2.16. The van der Waals surface area contributed by atoms with Gasteiger partial charge in [0.1, 0.15) is 6.20 Å². The molecule has 1 saturated heterocycles. The van der Waals surface area contributed by atoms with Crippen LogP contribution in [-0.2, 0) is 0 Å². The van der Waals surface area contributed by atoms with Crippen LogP contribution in [0, 0.1) is 0 Å². The molecular formula is C7H12ClN3O. The molecule has 0 unspecified atom stereocenters. The average Bonchev–Trinajstić information content (AvgIpc) is 2.58. The lowest BCUT2D eigenvalue weighted by atomic mass is 10.1. The lowest BCUT2D eigenvalue weighted by Crippen LogP contribution is -2.28. The third-order valence-corrected chi connectivity index (χ3v) is 2.02. The second kappa shape index (κ2) is 4.30. The predicted octanol–water partition coefficient (Wildman–Crippen LogP) is 1.48. The maximum absolute atomic E-state index is 4.94. The number of aromatic nitrogens is 2. The zero-order valence-corrected chi connectivity index (χ0v) is 7.59. The fourth-order valence-electron chi connectivity index (χ4n) is 1.42. The van der Waals surface area contributed by atoms with Crippen molar-refractivity contribution in [3.8, 4) is 0 Å². The van der Waals surface area contributed by atoms with Crippen molar-refractivity contribution >= 4 is 18.3 Å². The van der Waals surface area contributed by atoms with Gasteiger partial charge in [0.2, 0.25) is 5.88 Å². The molecule has 0 saturated carbocycles. The Labute approximate surface area is 77.3 Å². The Hall–Kier alpha value is -0.770. The van der Waals surface area contributed by atoms with Crippen molar-refractivity contribution in [1.29, 1.82) is 0 Å². The summed E-state index contributed by atoms with van der Waals surface area (Å²) in [5.74, 6) is 0.810.